The predicted octanol–water partition coefficient (Wildman–Crippen LogP) is 4.31. The Morgan fingerprint density at radius 3 is 1.67 bits per heavy atom. The molecule has 0 aliphatic heterocycles. The minimum Gasteiger partial charge on any atom is -0.353 e. The molecule has 0 fully saturated rings. The van der Waals surface area contributed by atoms with E-state index in [9.17, 15) is 0 Å². The molecule has 1 atom stereocenters. The molecule has 0 bridgehead atoms. The van der Waals surface area contributed by atoms with E-state index in [1.54, 1.807) is 0 Å². The van der Waals surface area contributed by atoms with Crippen LogP contribution in [0.4, 0.5) is 0 Å². The largest absolute Gasteiger partial charge is 0.353 e. The summed E-state index contributed by atoms with van der Waals surface area (Å²) in [5, 5.41) is 0. The fourth-order valence-corrected chi connectivity index (χ4v) is 0.703. The number of halogens is 7. The van der Waals surface area contributed by atoms with Crippen molar-refractivity contribution in [3.8, 4) is 0 Å². The second kappa shape index (κ2) is 5.18. The molecular weight excluding hydrogens is 312 g/mol. The van der Waals surface area contributed by atoms with Crippen LogP contribution in [0, 0.1) is 0 Å². The summed E-state index contributed by atoms with van der Waals surface area (Å²) >= 11 is 37.6. The molecule has 0 aromatic heterocycles. The van der Waals surface area contributed by atoms with Gasteiger partial charge in [0.25, 0.3) is 0 Å². The highest BCUT2D eigenvalue weighted by molar-refractivity contribution is 6.70. The third kappa shape index (κ3) is 7.40. The van der Waals surface area contributed by atoms with E-state index in [4.69, 9.17) is 85.9 Å². The van der Waals surface area contributed by atoms with Gasteiger partial charge in [-0.25, -0.2) is 0 Å². The van der Waals surface area contributed by atoms with Gasteiger partial charge in [0.05, 0.1) is 6.61 Å². The Morgan fingerprint density at radius 2 is 1.42 bits per heavy atom. The van der Waals surface area contributed by atoms with Crippen molar-refractivity contribution >= 4 is 81.2 Å². The number of rotatable bonds is 2. The Kier molecular flexibility index (Phi) is 6.04. The van der Waals surface area contributed by atoms with Gasteiger partial charge in [0.1, 0.15) is 0 Å². The van der Waals surface area contributed by atoms with Crippen LogP contribution in [0.5, 0.6) is 0 Å². The van der Waals surface area contributed by atoms with E-state index >= 15 is 0 Å². The molecule has 0 aromatic rings. The van der Waals surface area contributed by atoms with Gasteiger partial charge in [0.15, 0.2) is 5.56 Å². The SMILES string of the molecule is Cl[C@@H](OCC(Cl)(Cl)Cl)C(Cl)(Cl)Cl. The molecule has 0 aromatic carbocycles. The Hall–Kier alpha value is 1.99. The summed E-state index contributed by atoms with van der Waals surface area (Å²) in [6.45, 7) is -0.250. The standard InChI is InChI=1S/C4H3Cl7O/c5-2(4(9,10)11)12-1-3(6,7)8/h2H,1H2/t2-/m0/s1. The van der Waals surface area contributed by atoms with Crippen LogP contribution in [0.3, 0.4) is 0 Å². The molecule has 0 saturated carbocycles. The fourth-order valence-electron chi connectivity index (χ4n) is 0.262. The highest BCUT2D eigenvalue weighted by atomic mass is 35.6. The van der Waals surface area contributed by atoms with Crippen LogP contribution in [-0.2, 0) is 4.74 Å². The molecule has 12 heavy (non-hydrogen) atoms. The van der Waals surface area contributed by atoms with E-state index in [1.807, 2.05) is 0 Å². The van der Waals surface area contributed by atoms with Gasteiger partial charge in [-0.3, -0.25) is 0 Å². The molecule has 0 heterocycles. The van der Waals surface area contributed by atoms with Crippen molar-refractivity contribution in [3.05, 3.63) is 0 Å². The summed E-state index contributed by atoms with van der Waals surface area (Å²) in [4.78, 5) is 0. The predicted molar refractivity (Wildman–Crippen MR) is 56.2 cm³/mol. The third-order valence-corrected chi connectivity index (χ3v) is 2.36. The first-order chi connectivity index (χ1) is 5.13. The van der Waals surface area contributed by atoms with Crippen LogP contribution in [0.25, 0.3) is 0 Å². The Bertz CT molecular complexity index is 135. The van der Waals surface area contributed by atoms with Crippen molar-refractivity contribution in [1.29, 1.82) is 0 Å². The second-order valence-electron chi connectivity index (χ2n) is 1.78. The van der Waals surface area contributed by atoms with Crippen molar-refractivity contribution in [2.75, 3.05) is 6.61 Å². The van der Waals surface area contributed by atoms with Crippen LogP contribution in [0.15, 0.2) is 0 Å². The van der Waals surface area contributed by atoms with E-state index < -0.39 is 13.1 Å². The van der Waals surface area contributed by atoms with Gasteiger partial charge in [-0.05, 0) is 0 Å². The van der Waals surface area contributed by atoms with Gasteiger partial charge in [-0.2, -0.15) is 0 Å². The minimum atomic E-state index is -1.74. The van der Waals surface area contributed by atoms with Crippen LogP contribution >= 0.6 is 81.2 Å². The number of ether oxygens (including phenoxy) is 1. The summed E-state index contributed by atoms with van der Waals surface area (Å²) in [5.74, 6) is 0. The number of hydrogen-bond acceptors (Lipinski definition) is 1. The monoisotopic (exact) mass is 312 g/mol. The number of alkyl halides is 7. The van der Waals surface area contributed by atoms with Gasteiger partial charge < -0.3 is 4.74 Å². The average Bonchev–Trinajstić information content (AvgIpc) is 1.78. The van der Waals surface area contributed by atoms with Crippen LogP contribution < -0.4 is 0 Å². The molecule has 0 saturated heterocycles. The highest BCUT2D eigenvalue weighted by Crippen LogP contribution is 2.36. The fraction of sp³-hybridized carbons (Fsp3) is 1.00. The molecule has 1 nitrogen and oxygen atoms in total. The molecule has 0 aliphatic rings. The van der Waals surface area contributed by atoms with Crippen LogP contribution in [-0.4, -0.2) is 19.8 Å². The van der Waals surface area contributed by atoms with Gasteiger partial charge >= 0.3 is 0 Å². The second-order valence-corrected chi connectivity index (χ2v) is 7.07. The lowest BCUT2D eigenvalue weighted by Gasteiger charge is -2.20. The summed E-state index contributed by atoms with van der Waals surface area (Å²) < 4.78 is 1.44. The molecule has 0 radical (unpaired) electrons. The van der Waals surface area contributed by atoms with E-state index in [1.165, 1.54) is 0 Å². The van der Waals surface area contributed by atoms with Crippen molar-refractivity contribution < 1.29 is 4.74 Å². The summed E-state index contributed by atoms with van der Waals surface area (Å²) in [6, 6.07) is 0. The Morgan fingerprint density at radius 1 is 1.00 bits per heavy atom. The van der Waals surface area contributed by atoms with Crippen molar-refractivity contribution in [1.82, 2.24) is 0 Å². The first-order valence-electron chi connectivity index (χ1n) is 2.52. The van der Waals surface area contributed by atoms with Gasteiger partial charge in [0.2, 0.25) is 7.59 Å². The van der Waals surface area contributed by atoms with E-state index in [0.717, 1.165) is 0 Å². The first-order valence-corrected chi connectivity index (χ1v) is 5.22. The summed E-state index contributed by atoms with van der Waals surface area (Å²) in [6.07, 6.45) is 0. The minimum absolute atomic E-state index is 0.250. The first kappa shape index (κ1) is 14.0. The summed E-state index contributed by atoms with van der Waals surface area (Å²) in [7, 11) is 0. The van der Waals surface area contributed by atoms with Crippen LogP contribution in [0.2, 0.25) is 0 Å². The average molecular weight is 315 g/mol. The van der Waals surface area contributed by atoms with Crippen LogP contribution in [0.1, 0.15) is 0 Å². The Labute approximate surface area is 105 Å². The molecule has 0 N–H and O–H groups in total. The lowest BCUT2D eigenvalue weighted by molar-refractivity contribution is 0.114. The lowest BCUT2D eigenvalue weighted by Crippen LogP contribution is -2.27. The molecule has 0 amide bonds. The highest BCUT2D eigenvalue weighted by Gasteiger charge is 2.34. The maximum atomic E-state index is 5.47. The lowest BCUT2D eigenvalue weighted by atomic mass is 10.7. The molecular formula is C4H3Cl7O. The molecule has 0 spiro atoms. The quantitative estimate of drug-likeness (QED) is 0.690. The maximum absolute atomic E-state index is 5.47. The smallest absolute Gasteiger partial charge is 0.230 e. The van der Waals surface area contributed by atoms with Gasteiger partial charge in [0, 0.05) is 0 Å². The molecule has 0 aliphatic carbocycles. The molecule has 0 unspecified atom stereocenters. The van der Waals surface area contributed by atoms with Gasteiger partial charge in [-0.15, -0.1) is 0 Å². The zero-order valence-corrected chi connectivity index (χ0v) is 10.6. The molecule has 0 rings (SSSR count). The Balaban J connectivity index is 3.80. The van der Waals surface area contributed by atoms with Crippen molar-refractivity contribution in [2.24, 2.45) is 0 Å². The topological polar surface area (TPSA) is 9.23 Å². The molecule has 8 heteroatoms. The van der Waals surface area contributed by atoms with E-state index in [-0.39, 0.29) is 6.61 Å². The van der Waals surface area contributed by atoms with Gasteiger partial charge in [-0.1, -0.05) is 81.2 Å². The zero-order valence-electron chi connectivity index (χ0n) is 5.34. The van der Waals surface area contributed by atoms with Crippen molar-refractivity contribution in [2.45, 2.75) is 13.1 Å². The number of hydrogen-bond donors (Lipinski definition) is 0. The van der Waals surface area contributed by atoms with E-state index in [0.29, 0.717) is 0 Å². The van der Waals surface area contributed by atoms with Crippen molar-refractivity contribution in [3.63, 3.8) is 0 Å². The summed E-state index contributed by atoms with van der Waals surface area (Å²) in [5.41, 5.74) is -1.15. The third-order valence-electron chi connectivity index (χ3n) is 0.651. The zero-order chi connectivity index (χ0) is 9.99. The normalized spacial score (nSPS) is 16.2. The van der Waals surface area contributed by atoms with E-state index in [2.05, 4.69) is 0 Å². The molecule has 74 valence electrons. The maximum Gasteiger partial charge on any atom is 0.230 e.